The molecule has 0 spiro atoms. The minimum absolute atomic E-state index is 0.172. The summed E-state index contributed by atoms with van der Waals surface area (Å²) in [4.78, 5) is 27.6. The van der Waals surface area contributed by atoms with Crippen LogP contribution in [0.4, 0.5) is 14.5 Å². The number of carbonyl (C=O) groups excluding carboxylic acids is 1. The van der Waals surface area contributed by atoms with Crippen LogP contribution in [0.1, 0.15) is 24.1 Å². The zero-order valence-electron chi connectivity index (χ0n) is 14.9. The van der Waals surface area contributed by atoms with E-state index >= 15 is 0 Å². The number of aromatic amines is 1. The number of aromatic nitrogens is 1. The summed E-state index contributed by atoms with van der Waals surface area (Å²) < 4.78 is 26.9. The lowest BCUT2D eigenvalue weighted by molar-refractivity contribution is -0.121. The summed E-state index contributed by atoms with van der Waals surface area (Å²) in [5.74, 6) is -1.86. The van der Waals surface area contributed by atoms with E-state index in [-0.39, 0.29) is 17.5 Å². The third kappa shape index (κ3) is 3.81. The summed E-state index contributed by atoms with van der Waals surface area (Å²) in [5, 5.41) is 6.42. The van der Waals surface area contributed by atoms with Crippen molar-refractivity contribution in [3.05, 3.63) is 75.6 Å². The second-order valence-electron chi connectivity index (χ2n) is 6.24. The van der Waals surface area contributed by atoms with Crippen LogP contribution in [0.3, 0.4) is 0 Å². The van der Waals surface area contributed by atoms with Crippen molar-refractivity contribution in [1.82, 2.24) is 10.3 Å². The number of fused-ring (bicyclic) bond motifs is 1. The molecule has 1 amide bonds. The van der Waals surface area contributed by atoms with Crippen LogP contribution < -0.4 is 16.2 Å². The van der Waals surface area contributed by atoms with Crippen LogP contribution in [0.25, 0.3) is 10.9 Å². The Kier molecular flexibility index (Phi) is 5.21. The molecule has 0 aliphatic heterocycles. The number of nitrogens with one attached hydrogen (secondary N) is 3. The second-order valence-corrected chi connectivity index (χ2v) is 6.24. The Morgan fingerprint density at radius 2 is 1.93 bits per heavy atom. The lowest BCUT2D eigenvalue weighted by atomic mass is 10.0. The molecule has 5 nitrogen and oxygen atoms in total. The number of amides is 1. The van der Waals surface area contributed by atoms with Gasteiger partial charge >= 0.3 is 0 Å². The van der Waals surface area contributed by atoms with Gasteiger partial charge in [-0.25, -0.2) is 8.78 Å². The Balaban J connectivity index is 1.85. The van der Waals surface area contributed by atoms with Gasteiger partial charge in [0.1, 0.15) is 11.6 Å². The molecule has 0 bridgehead atoms. The van der Waals surface area contributed by atoms with Gasteiger partial charge in [0.25, 0.3) is 5.56 Å². The molecule has 1 atom stereocenters. The quantitative estimate of drug-likeness (QED) is 0.644. The van der Waals surface area contributed by atoms with Crippen molar-refractivity contribution in [2.45, 2.75) is 19.4 Å². The van der Waals surface area contributed by atoms with Crippen LogP contribution >= 0.6 is 0 Å². The molecule has 3 aromatic rings. The molecule has 3 rings (SSSR count). The van der Waals surface area contributed by atoms with Gasteiger partial charge in [-0.1, -0.05) is 24.3 Å². The number of pyridine rings is 1. The van der Waals surface area contributed by atoms with Crippen molar-refractivity contribution in [2.24, 2.45) is 0 Å². The Hall–Kier alpha value is -3.22. The van der Waals surface area contributed by atoms with Crippen LogP contribution in [0.15, 0.2) is 47.3 Å². The molecule has 0 aliphatic carbocycles. The SMILES string of the molecule is CNc1c(CC(=O)N[C@@H](C)c2ccc(F)cc2F)c(=O)[nH]c2ccccc12. The van der Waals surface area contributed by atoms with Gasteiger partial charge in [0.05, 0.1) is 29.2 Å². The van der Waals surface area contributed by atoms with Gasteiger partial charge in [-0.2, -0.15) is 0 Å². The van der Waals surface area contributed by atoms with Gasteiger partial charge in [0.2, 0.25) is 5.91 Å². The van der Waals surface area contributed by atoms with Crippen LogP contribution in [-0.4, -0.2) is 17.9 Å². The highest BCUT2D eigenvalue weighted by atomic mass is 19.1. The van der Waals surface area contributed by atoms with Gasteiger partial charge < -0.3 is 15.6 Å². The monoisotopic (exact) mass is 371 g/mol. The van der Waals surface area contributed by atoms with E-state index in [1.165, 1.54) is 6.07 Å². The minimum Gasteiger partial charge on any atom is -0.387 e. The second kappa shape index (κ2) is 7.57. The molecule has 0 fully saturated rings. The Bertz CT molecular complexity index is 1060. The lowest BCUT2D eigenvalue weighted by Crippen LogP contribution is -2.31. The number of carbonyl (C=O) groups is 1. The van der Waals surface area contributed by atoms with E-state index in [0.717, 1.165) is 17.5 Å². The third-order valence-electron chi connectivity index (χ3n) is 4.41. The standard InChI is InChI=1S/C20H19F2N3O2/c1-11(13-8-7-12(21)9-16(13)22)24-18(26)10-15-19(23-2)14-5-3-4-6-17(14)25-20(15)27/h3-9,11H,10H2,1-2H3,(H,24,26)(H2,23,25,27)/t11-/m0/s1. The predicted octanol–water partition coefficient (Wildman–Crippen LogP) is 3.27. The van der Waals surface area contributed by atoms with E-state index in [4.69, 9.17) is 0 Å². The number of hydrogen-bond donors (Lipinski definition) is 3. The molecular formula is C20H19F2N3O2. The number of hydrogen-bond acceptors (Lipinski definition) is 3. The zero-order chi connectivity index (χ0) is 19.6. The molecule has 0 saturated carbocycles. The highest BCUT2D eigenvalue weighted by Gasteiger charge is 2.18. The molecule has 0 saturated heterocycles. The summed E-state index contributed by atoms with van der Waals surface area (Å²) in [7, 11) is 1.68. The van der Waals surface area contributed by atoms with Crippen molar-refractivity contribution in [3.8, 4) is 0 Å². The smallest absolute Gasteiger partial charge is 0.254 e. The lowest BCUT2D eigenvalue weighted by Gasteiger charge is -2.16. The average molecular weight is 371 g/mol. The molecule has 0 aliphatic rings. The Morgan fingerprint density at radius 3 is 2.63 bits per heavy atom. The summed E-state index contributed by atoms with van der Waals surface area (Å²) >= 11 is 0. The van der Waals surface area contributed by atoms with E-state index in [1.807, 2.05) is 18.2 Å². The number of anilines is 1. The topological polar surface area (TPSA) is 74.0 Å². The maximum atomic E-state index is 13.9. The normalized spacial score (nSPS) is 12.0. The highest BCUT2D eigenvalue weighted by molar-refractivity contribution is 5.94. The number of halogens is 2. The molecule has 0 unspecified atom stereocenters. The maximum Gasteiger partial charge on any atom is 0.254 e. The first-order valence-electron chi connectivity index (χ1n) is 8.46. The highest BCUT2D eigenvalue weighted by Crippen LogP contribution is 2.24. The first kappa shape index (κ1) is 18.6. The fourth-order valence-corrected chi connectivity index (χ4v) is 3.12. The van der Waals surface area contributed by atoms with Crippen molar-refractivity contribution >= 4 is 22.5 Å². The molecule has 1 heterocycles. The van der Waals surface area contributed by atoms with E-state index < -0.39 is 23.6 Å². The van der Waals surface area contributed by atoms with E-state index in [0.29, 0.717) is 16.8 Å². The van der Waals surface area contributed by atoms with Gasteiger partial charge in [-0.3, -0.25) is 9.59 Å². The molecule has 140 valence electrons. The number of benzene rings is 2. The molecule has 7 heteroatoms. The number of para-hydroxylation sites is 1. The Labute approximate surface area is 154 Å². The third-order valence-corrected chi connectivity index (χ3v) is 4.41. The van der Waals surface area contributed by atoms with E-state index in [9.17, 15) is 18.4 Å². The van der Waals surface area contributed by atoms with Crippen LogP contribution in [-0.2, 0) is 11.2 Å². The molecule has 27 heavy (non-hydrogen) atoms. The van der Waals surface area contributed by atoms with Crippen molar-refractivity contribution in [2.75, 3.05) is 12.4 Å². The number of rotatable bonds is 5. The number of H-pyrrole nitrogens is 1. The molecule has 2 aromatic carbocycles. The van der Waals surface area contributed by atoms with Crippen LogP contribution in [0.5, 0.6) is 0 Å². The van der Waals surface area contributed by atoms with Crippen molar-refractivity contribution in [3.63, 3.8) is 0 Å². The minimum atomic E-state index is -0.734. The summed E-state index contributed by atoms with van der Waals surface area (Å²) in [6, 6.07) is 9.79. The van der Waals surface area contributed by atoms with Gasteiger partial charge in [-0.05, 0) is 19.1 Å². The molecule has 3 N–H and O–H groups in total. The average Bonchev–Trinajstić information content (AvgIpc) is 2.62. The molecule has 1 aromatic heterocycles. The summed E-state index contributed by atoms with van der Waals surface area (Å²) in [5.41, 5.74) is 1.34. The van der Waals surface area contributed by atoms with Gasteiger partial charge in [0.15, 0.2) is 0 Å². The predicted molar refractivity (Wildman–Crippen MR) is 101 cm³/mol. The maximum absolute atomic E-state index is 13.9. The first-order valence-corrected chi connectivity index (χ1v) is 8.46. The molecular weight excluding hydrogens is 352 g/mol. The van der Waals surface area contributed by atoms with E-state index in [1.54, 1.807) is 20.0 Å². The molecule has 0 radical (unpaired) electrons. The van der Waals surface area contributed by atoms with E-state index in [2.05, 4.69) is 15.6 Å². The van der Waals surface area contributed by atoms with Crippen molar-refractivity contribution < 1.29 is 13.6 Å². The first-order chi connectivity index (χ1) is 12.9. The van der Waals surface area contributed by atoms with Gasteiger partial charge in [-0.15, -0.1) is 0 Å². The van der Waals surface area contributed by atoms with Gasteiger partial charge in [0, 0.05) is 24.1 Å². The Morgan fingerprint density at radius 1 is 1.19 bits per heavy atom. The zero-order valence-corrected chi connectivity index (χ0v) is 14.9. The van der Waals surface area contributed by atoms with Crippen molar-refractivity contribution in [1.29, 1.82) is 0 Å². The fourth-order valence-electron chi connectivity index (χ4n) is 3.12. The summed E-state index contributed by atoms with van der Waals surface area (Å²) in [6.07, 6.45) is -0.177. The fraction of sp³-hybridized carbons (Fsp3) is 0.200. The summed E-state index contributed by atoms with van der Waals surface area (Å²) in [6.45, 7) is 1.60. The van der Waals surface area contributed by atoms with Crippen LogP contribution in [0.2, 0.25) is 0 Å². The largest absolute Gasteiger partial charge is 0.387 e. The van der Waals surface area contributed by atoms with Crippen LogP contribution in [0, 0.1) is 11.6 Å².